The fourth-order valence-corrected chi connectivity index (χ4v) is 4.98. The Morgan fingerprint density at radius 2 is 1.19 bits per heavy atom. The average Bonchev–Trinajstić information content (AvgIpc) is 2.76. The Hall–Kier alpha value is -2.58. The number of carbonyl (C=O) groups is 4. The number of aliphatic carboxylic acids is 1. The summed E-state index contributed by atoms with van der Waals surface area (Å²) in [4.78, 5) is 49.8. The Labute approximate surface area is 190 Å². The highest BCUT2D eigenvalue weighted by molar-refractivity contribution is 8.30. The molecule has 2 atom stereocenters. The molecule has 1 unspecified atom stereocenters. The van der Waals surface area contributed by atoms with Crippen LogP contribution in [0, 0.1) is 11.8 Å². The molecule has 2 N–H and O–H groups in total. The van der Waals surface area contributed by atoms with Crippen molar-refractivity contribution < 1.29 is 24.3 Å². The Balaban J connectivity index is 2.22. The molecule has 2 aromatic carbocycles. The molecular weight excluding hydrogens is 434 g/mol. The molecule has 2 aromatic rings. The molecule has 0 heterocycles. The number of nitrogens with one attached hydrogen (secondary N) is 1. The maximum Gasteiger partial charge on any atom is 0.326 e. The van der Waals surface area contributed by atoms with Crippen LogP contribution in [0.25, 0.3) is 0 Å². The van der Waals surface area contributed by atoms with E-state index in [2.05, 4.69) is 5.32 Å². The van der Waals surface area contributed by atoms with Crippen molar-refractivity contribution in [3.63, 3.8) is 0 Å². The molecule has 0 fully saturated rings. The van der Waals surface area contributed by atoms with E-state index < -0.39 is 28.4 Å². The summed E-state index contributed by atoms with van der Waals surface area (Å²) in [6, 6.07) is 16.1. The molecule has 8 heteroatoms. The van der Waals surface area contributed by atoms with Gasteiger partial charge >= 0.3 is 5.97 Å². The number of rotatable bonds is 9. The summed E-state index contributed by atoms with van der Waals surface area (Å²) in [5.74, 6) is -2.76. The number of amides is 1. The molecule has 0 aliphatic heterocycles. The van der Waals surface area contributed by atoms with Crippen LogP contribution in [-0.2, 0) is 9.59 Å². The monoisotopic (exact) mass is 459 g/mol. The minimum Gasteiger partial charge on any atom is -0.480 e. The van der Waals surface area contributed by atoms with Gasteiger partial charge in [0.15, 0.2) is 0 Å². The van der Waals surface area contributed by atoms with E-state index in [1.54, 1.807) is 81.4 Å². The molecular formula is C23H25NO5S2. The number of thioether (sulfide) groups is 2. The lowest BCUT2D eigenvalue weighted by Crippen LogP contribution is -2.47. The molecule has 0 aromatic heterocycles. The lowest BCUT2D eigenvalue weighted by Gasteiger charge is -2.24. The first kappa shape index (κ1) is 24.7. The smallest absolute Gasteiger partial charge is 0.326 e. The van der Waals surface area contributed by atoms with Gasteiger partial charge in [-0.3, -0.25) is 14.4 Å². The van der Waals surface area contributed by atoms with Crippen molar-refractivity contribution in [3.05, 3.63) is 71.8 Å². The van der Waals surface area contributed by atoms with Crippen LogP contribution >= 0.6 is 23.5 Å². The van der Waals surface area contributed by atoms with Gasteiger partial charge in [-0.05, 0) is 5.92 Å². The normalized spacial score (nSPS) is 12.9. The highest BCUT2D eigenvalue weighted by Gasteiger charge is 2.33. The van der Waals surface area contributed by atoms with Gasteiger partial charge in [-0.1, -0.05) is 105 Å². The fourth-order valence-electron chi connectivity index (χ4n) is 2.65. The van der Waals surface area contributed by atoms with Crippen molar-refractivity contribution in [2.75, 3.05) is 0 Å². The number of carbonyl (C=O) groups excluding carboxylic acids is 3. The van der Waals surface area contributed by atoms with E-state index in [-0.39, 0.29) is 16.1 Å². The largest absolute Gasteiger partial charge is 0.480 e. The first-order valence-electron chi connectivity index (χ1n) is 9.76. The van der Waals surface area contributed by atoms with Gasteiger partial charge in [0.1, 0.15) is 6.04 Å². The number of hydrogen-bond donors (Lipinski definition) is 2. The van der Waals surface area contributed by atoms with Crippen LogP contribution in [0.3, 0.4) is 0 Å². The summed E-state index contributed by atoms with van der Waals surface area (Å²) < 4.78 is -0.734. The van der Waals surface area contributed by atoms with Crippen molar-refractivity contribution in [1.29, 1.82) is 0 Å². The van der Waals surface area contributed by atoms with Crippen LogP contribution in [-0.4, -0.2) is 37.8 Å². The molecule has 0 radical (unpaired) electrons. The molecule has 0 saturated heterocycles. The number of benzene rings is 2. The van der Waals surface area contributed by atoms with Gasteiger partial charge in [-0.25, -0.2) is 4.79 Å². The first-order chi connectivity index (χ1) is 14.7. The first-order valence-corrected chi connectivity index (χ1v) is 11.5. The predicted molar refractivity (Wildman–Crippen MR) is 124 cm³/mol. The molecule has 2 rings (SSSR count). The quantitative estimate of drug-likeness (QED) is 0.539. The third-order valence-electron chi connectivity index (χ3n) is 4.52. The van der Waals surface area contributed by atoms with E-state index in [4.69, 9.17) is 0 Å². The summed E-state index contributed by atoms with van der Waals surface area (Å²) >= 11 is 1.79. The summed E-state index contributed by atoms with van der Waals surface area (Å²) in [6.07, 6.45) is 0. The lowest BCUT2D eigenvalue weighted by molar-refractivity contribution is -0.143. The van der Waals surface area contributed by atoms with Gasteiger partial charge in [0, 0.05) is 11.1 Å². The van der Waals surface area contributed by atoms with E-state index in [1.165, 1.54) is 0 Å². The zero-order valence-corrected chi connectivity index (χ0v) is 19.1. The zero-order chi connectivity index (χ0) is 23.0. The molecule has 0 spiro atoms. The SMILES string of the molecule is CC(C(=O)N[C@H](C(=O)O)C(C)C)C(SC(=O)c1ccccc1)SC(=O)c1ccccc1. The minimum atomic E-state index is -1.13. The zero-order valence-electron chi connectivity index (χ0n) is 17.5. The lowest BCUT2D eigenvalue weighted by atomic mass is 10.0. The van der Waals surface area contributed by atoms with Crippen molar-refractivity contribution in [2.24, 2.45) is 11.8 Å². The topological polar surface area (TPSA) is 101 Å². The second-order valence-corrected chi connectivity index (χ2v) is 9.80. The van der Waals surface area contributed by atoms with E-state index in [1.807, 2.05) is 0 Å². The van der Waals surface area contributed by atoms with Crippen LogP contribution in [0.1, 0.15) is 41.5 Å². The molecule has 0 aliphatic rings. The summed E-state index contributed by atoms with van der Waals surface area (Å²) in [5, 5.41) is 11.4. The van der Waals surface area contributed by atoms with Gasteiger partial charge < -0.3 is 10.4 Å². The molecule has 31 heavy (non-hydrogen) atoms. The molecule has 164 valence electrons. The molecule has 0 aliphatic carbocycles. The van der Waals surface area contributed by atoms with Crippen molar-refractivity contribution >= 4 is 45.6 Å². The van der Waals surface area contributed by atoms with Crippen LogP contribution in [0.2, 0.25) is 0 Å². The second-order valence-electron chi connectivity index (χ2n) is 7.27. The van der Waals surface area contributed by atoms with Crippen molar-refractivity contribution in [1.82, 2.24) is 5.32 Å². The summed E-state index contributed by atoms with van der Waals surface area (Å²) in [6.45, 7) is 4.99. The number of carboxylic acids is 1. The van der Waals surface area contributed by atoms with E-state index >= 15 is 0 Å². The molecule has 6 nitrogen and oxygen atoms in total. The Bertz CT molecular complexity index is 865. The van der Waals surface area contributed by atoms with Gasteiger partial charge in [0.25, 0.3) is 0 Å². The van der Waals surface area contributed by atoms with E-state index in [9.17, 15) is 24.3 Å². The Morgan fingerprint density at radius 1 is 0.774 bits per heavy atom. The molecule has 0 saturated carbocycles. The highest BCUT2D eigenvalue weighted by atomic mass is 32.2. The van der Waals surface area contributed by atoms with E-state index in [0.717, 1.165) is 23.5 Å². The fraction of sp³-hybridized carbons (Fsp3) is 0.304. The minimum absolute atomic E-state index is 0.266. The molecule has 1 amide bonds. The second kappa shape index (κ2) is 11.7. The number of hydrogen-bond acceptors (Lipinski definition) is 6. The van der Waals surface area contributed by atoms with Gasteiger partial charge in [-0.15, -0.1) is 0 Å². The van der Waals surface area contributed by atoms with Crippen LogP contribution < -0.4 is 5.32 Å². The van der Waals surface area contributed by atoms with Crippen LogP contribution in [0.5, 0.6) is 0 Å². The van der Waals surface area contributed by atoms with E-state index in [0.29, 0.717) is 11.1 Å². The average molecular weight is 460 g/mol. The van der Waals surface area contributed by atoms with Crippen LogP contribution in [0.15, 0.2) is 60.7 Å². The van der Waals surface area contributed by atoms with Gasteiger partial charge in [-0.2, -0.15) is 0 Å². The Morgan fingerprint density at radius 3 is 1.55 bits per heavy atom. The standard InChI is InChI=1S/C23H25NO5S2/c1-14(2)18(20(26)27)24-19(25)15(3)23(30-21(28)16-10-6-4-7-11-16)31-22(29)17-12-8-5-9-13-17/h4-15,18,23H,1-3H3,(H,24,25)(H,26,27)/t15?,18-/m0/s1. The van der Waals surface area contributed by atoms with Gasteiger partial charge in [0.2, 0.25) is 16.1 Å². The third kappa shape index (κ3) is 7.25. The summed E-state index contributed by atoms with van der Waals surface area (Å²) in [5.41, 5.74) is 0.923. The number of carboxylic acid groups (broad SMARTS) is 1. The van der Waals surface area contributed by atoms with Crippen molar-refractivity contribution in [2.45, 2.75) is 31.4 Å². The predicted octanol–water partition coefficient (Wildman–Crippen LogP) is 4.32. The van der Waals surface area contributed by atoms with Crippen LogP contribution in [0.4, 0.5) is 0 Å². The highest BCUT2D eigenvalue weighted by Crippen LogP contribution is 2.35. The van der Waals surface area contributed by atoms with Crippen molar-refractivity contribution in [3.8, 4) is 0 Å². The van der Waals surface area contributed by atoms with Gasteiger partial charge in [0.05, 0.1) is 10.5 Å². The molecule has 0 bridgehead atoms. The Kier molecular flexibility index (Phi) is 9.33. The third-order valence-corrected chi connectivity index (χ3v) is 7.28. The summed E-state index contributed by atoms with van der Waals surface area (Å²) in [7, 11) is 0. The maximum absolute atomic E-state index is 12.8. The maximum atomic E-state index is 12.8.